The summed E-state index contributed by atoms with van der Waals surface area (Å²) in [4.78, 5) is 4.61. The molecule has 0 N–H and O–H groups in total. The summed E-state index contributed by atoms with van der Waals surface area (Å²) in [7, 11) is 0. The third-order valence-electron chi connectivity index (χ3n) is 2.83. The molecule has 0 fully saturated rings. The number of nitrogens with zero attached hydrogens (tertiary/aromatic N) is 1. The summed E-state index contributed by atoms with van der Waals surface area (Å²) >= 11 is 0. The van der Waals surface area contributed by atoms with Gasteiger partial charge in [0.05, 0.1) is 11.8 Å². The van der Waals surface area contributed by atoms with Gasteiger partial charge in [-0.1, -0.05) is 35.0 Å². The molecule has 2 aromatic carbocycles. The smallest absolute Gasteiger partial charge is 0.200 e. The lowest BCUT2D eigenvalue weighted by molar-refractivity contribution is 0.124. The van der Waals surface area contributed by atoms with Crippen LogP contribution in [0.5, 0.6) is 0 Å². The van der Waals surface area contributed by atoms with Gasteiger partial charge >= 0.3 is 0 Å². The Kier molecular flexibility index (Phi) is 4.75. The topological polar surface area (TPSA) is 21.6 Å². The SMILES string of the molecule is Cc1cccc(/C=N/OCc2c(F)c(F)c(F)c(F)c2F)c1. The van der Waals surface area contributed by atoms with Crippen LogP contribution in [0.4, 0.5) is 22.0 Å². The first-order valence-corrected chi connectivity index (χ1v) is 6.14. The maximum absolute atomic E-state index is 13.4. The first kappa shape index (κ1) is 15.9. The predicted octanol–water partition coefficient (Wildman–Crippen LogP) is 4.24. The fourth-order valence-corrected chi connectivity index (χ4v) is 1.73. The number of rotatable bonds is 4. The summed E-state index contributed by atoms with van der Waals surface area (Å²) in [6, 6.07) is 7.09. The van der Waals surface area contributed by atoms with Crippen LogP contribution in [0.2, 0.25) is 0 Å². The molecule has 0 saturated heterocycles. The van der Waals surface area contributed by atoms with Crippen LogP contribution < -0.4 is 0 Å². The molecule has 0 aliphatic heterocycles. The minimum absolute atomic E-state index is 0.664. The Labute approximate surface area is 122 Å². The van der Waals surface area contributed by atoms with E-state index in [1.165, 1.54) is 6.21 Å². The van der Waals surface area contributed by atoms with Crippen LogP contribution in [0.1, 0.15) is 16.7 Å². The van der Waals surface area contributed by atoms with Crippen molar-refractivity contribution in [1.82, 2.24) is 0 Å². The Morgan fingerprint density at radius 2 is 1.55 bits per heavy atom. The van der Waals surface area contributed by atoms with Gasteiger partial charge in [0.15, 0.2) is 23.3 Å². The minimum atomic E-state index is -2.21. The largest absolute Gasteiger partial charge is 0.391 e. The Morgan fingerprint density at radius 1 is 0.955 bits per heavy atom. The minimum Gasteiger partial charge on any atom is -0.391 e. The number of aryl methyl sites for hydroxylation is 1. The normalized spacial score (nSPS) is 11.2. The van der Waals surface area contributed by atoms with E-state index < -0.39 is 41.3 Å². The molecular formula is C15H10F5NO. The van der Waals surface area contributed by atoms with Crippen molar-refractivity contribution >= 4 is 6.21 Å². The van der Waals surface area contributed by atoms with E-state index in [9.17, 15) is 22.0 Å². The molecule has 0 amide bonds. The average Bonchev–Trinajstić information content (AvgIpc) is 2.50. The van der Waals surface area contributed by atoms with E-state index in [0.29, 0.717) is 5.56 Å². The van der Waals surface area contributed by atoms with Crippen molar-refractivity contribution in [2.75, 3.05) is 0 Å². The van der Waals surface area contributed by atoms with Gasteiger partial charge in [-0.15, -0.1) is 0 Å². The molecule has 0 saturated carbocycles. The Bertz CT molecular complexity index is 701. The van der Waals surface area contributed by atoms with Crippen LogP contribution >= 0.6 is 0 Å². The summed E-state index contributed by atoms with van der Waals surface area (Å²) in [5, 5.41) is 3.45. The summed E-state index contributed by atoms with van der Waals surface area (Å²) in [5.41, 5.74) is 0.555. The van der Waals surface area contributed by atoms with E-state index in [-0.39, 0.29) is 0 Å². The second kappa shape index (κ2) is 6.55. The van der Waals surface area contributed by atoms with Gasteiger partial charge in [0.1, 0.15) is 6.61 Å². The van der Waals surface area contributed by atoms with E-state index in [1.807, 2.05) is 13.0 Å². The van der Waals surface area contributed by atoms with Crippen molar-refractivity contribution in [1.29, 1.82) is 0 Å². The first-order valence-electron chi connectivity index (χ1n) is 6.14. The standard InChI is InChI=1S/C15H10F5NO/c1-8-3-2-4-9(5-8)6-21-22-7-10-11(16)13(18)15(20)14(19)12(10)17/h2-6H,7H2,1H3/b21-6+. The van der Waals surface area contributed by atoms with Crippen LogP contribution in [-0.2, 0) is 11.4 Å². The van der Waals surface area contributed by atoms with Gasteiger partial charge in [0, 0.05) is 0 Å². The van der Waals surface area contributed by atoms with E-state index in [0.717, 1.165) is 5.56 Å². The number of hydrogen-bond acceptors (Lipinski definition) is 2. The average molecular weight is 315 g/mol. The van der Waals surface area contributed by atoms with Gasteiger partial charge in [-0.05, 0) is 12.5 Å². The zero-order chi connectivity index (χ0) is 16.3. The molecule has 2 aromatic rings. The summed E-state index contributed by atoms with van der Waals surface area (Å²) in [6.07, 6.45) is 1.26. The number of halogens is 5. The molecule has 7 heteroatoms. The Morgan fingerprint density at radius 3 is 2.14 bits per heavy atom. The van der Waals surface area contributed by atoms with Crippen LogP contribution in [0, 0.1) is 36.0 Å². The Hall–Kier alpha value is -2.44. The lowest BCUT2D eigenvalue weighted by atomic mass is 10.2. The molecule has 0 unspecified atom stereocenters. The number of oxime groups is 1. The van der Waals surface area contributed by atoms with Gasteiger partial charge < -0.3 is 4.84 Å². The quantitative estimate of drug-likeness (QED) is 0.272. The van der Waals surface area contributed by atoms with Crippen molar-refractivity contribution in [3.05, 3.63) is 70.0 Å². The zero-order valence-corrected chi connectivity index (χ0v) is 11.3. The van der Waals surface area contributed by atoms with Crippen LogP contribution in [-0.4, -0.2) is 6.21 Å². The van der Waals surface area contributed by atoms with Gasteiger partial charge in [-0.25, -0.2) is 22.0 Å². The molecule has 0 bridgehead atoms. The molecule has 116 valence electrons. The molecule has 2 rings (SSSR count). The molecule has 0 heterocycles. The van der Waals surface area contributed by atoms with Gasteiger partial charge in [-0.3, -0.25) is 0 Å². The summed E-state index contributed by atoms with van der Waals surface area (Å²) < 4.78 is 65.5. The maximum atomic E-state index is 13.4. The van der Waals surface area contributed by atoms with Crippen molar-refractivity contribution in [3.63, 3.8) is 0 Å². The number of hydrogen-bond donors (Lipinski definition) is 0. The monoisotopic (exact) mass is 315 g/mol. The fraction of sp³-hybridized carbons (Fsp3) is 0.133. The molecular weight excluding hydrogens is 305 g/mol. The lowest BCUT2D eigenvalue weighted by Gasteiger charge is -2.06. The number of benzene rings is 2. The molecule has 0 aliphatic rings. The van der Waals surface area contributed by atoms with Crippen molar-refractivity contribution in [2.45, 2.75) is 13.5 Å². The van der Waals surface area contributed by atoms with Crippen molar-refractivity contribution in [3.8, 4) is 0 Å². The third-order valence-corrected chi connectivity index (χ3v) is 2.83. The lowest BCUT2D eigenvalue weighted by Crippen LogP contribution is -2.07. The highest BCUT2D eigenvalue weighted by molar-refractivity contribution is 5.79. The predicted molar refractivity (Wildman–Crippen MR) is 69.8 cm³/mol. The molecule has 2 nitrogen and oxygen atoms in total. The third kappa shape index (κ3) is 3.24. The fourth-order valence-electron chi connectivity index (χ4n) is 1.73. The Balaban J connectivity index is 2.13. The van der Waals surface area contributed by atoms with Crippen LogP contribution in [0.25, 0.3) is 0 Å². The summed E-state index contributed by atoms with van der Waals surface area (Å²) in [5.74, 6) is -10.1. The molecule has 0 aromatic heterocycles. The highest BCUT2D eigenvalue weighted by Gasteiger charge is 2.25. The van der Waals surface area contributed by atoms with Crippen LogP contribution in [0.15, 0.2) is 29.4 Å². The van der Waals surface area contributed by atoms with Gasteiger partial charge in [0.25, 0.3) is 0 Å². The molecule has 0 atom stereocenters. The first-order chi connectivity index (χ1) is 10.4. The second-order valence-corrected chi connectivity index (χ2v) is 4.47. The highest BCUT2D eigenvalue weighted by Crippen LogP contribution is 2.23. The molecule has 0 spiro atoms. The van der Waals surface area contributed by atoms with Gasteiger partial charge in [-0.2, -0.15) is 0 Å². The van der Waals surface area contributed by atoms with E-state index >= 15 is 0 Å². The van der Waals surface area contributed by atoms with Gasteiger partial charge in [0.2, 0.25) is 5.82 Å². The van der Waals surface area contributed by atoms with E-state index in [1.54, 1.807) is 18.2 Å². The highest BCUT2D eigenvalue weighted by atomic mass is 19.2. The summed E-state index contributed by atoms with van der Waals surface area (Å²) in [6.45, 7) is 0.973. The zero-order valence-electron chi connectivity index (χ0n) is 11.3. The van der Waals surface area contributed by atoms with Crippen LogP contribution in [0.3, 0.4) is 0 Å². The molecule has 0 aliphatic carbocycles. The van der Waals surface area contributed by atoms with E-state index in [2.05, 4.69) is 9.99 Å². The van der Waals surface area contributed by atoms with E-state index in [4.69, 9.17) is 0 Å². The molecule has 22 heavy (non-hydrogen) atoms. The van der Waals surface area contributed by atoms with Crippen molar-refractivity contribution in [2.24, 2.45) is 5.16 Å². The maximum Gasteiger partial charge on any atom is 0.200 e. The molecule has 0 radical (unpaired) electrons. The second-order valence-electron chi connectivity index (χ2n) is 4.47. The van der Waals surface area contributed by atoms with Crippen molar-refractivity contribution < 1.29 is 26.8 Å².